The summed E-state index contributed by atoms with van der Waals surface area (Å²) in [6, 6.07) is 4.39. The van der Waals surface area contributed by atoms with Gasteiger partial charge in [0.1, 0.15) is 24.8 Å². The van der Waals surface area contributed by atoms with Gasteiger partial charge in [-0.15, -0.1) is 0 Å². The molecule has 3 rings (SSSR count). The zero-order valence-electron chi connectivity index (χ0n) is 16.1. The topological polar surface area (TPSA) is 107 Å². The molecule has 0 fully saturated rings. The number of amides is 1. The number of nitrogens with zero attached hydrogens (tertiary/aromatic N) is 1. The Balaban J connectivity index is 1.87. The molecule has 0 spiro atoms. The van der Waals surface area contributed by atoms with E-state index in [1.807, 2.05) is 6.92 Å². The number of anilines is 1. The van der Waals surface area contributed by atoms with Crippen LogP contribution in [0.5, 0.6) is 11.5 Å². The zero-order chi connectivity index (χ0) is 20.5. The molecule has 0 aliphatic carbocycles. The Hall–Kier alpha value is -2.87. The van der Waals surface area contributed by atoms with E-state index in [0.29, 0.717) is 22.8 Å². The number of hydrogen-bond acceptors (Lipinski definition) is 5. The fraction of sp³-hybridized carbons (Fsp3) is 0.400. The van der Waals surface area contributed by atoms with Gasteiger partial charge in [0.05, 0.1) is 0 Å². The molecule has 7 nitrogen and oxygen atoms in total. The molecule has 0 radical (unpaired) electrons. The van der Waals surface area contributed by atoms with Gasteiger partial charge in [0.2, 0.25) is 0 Å². The van der Waals surface area contributed by atoms with Crippen LogP contribution in [0.2, 0.25) is 0 Å². The molecule has 1 unspecified atom stereocenters. The molecule has 0 bridgehead atoms. The first kappa shape index (κ1) is 19.9. The van der Waals surface area contributed by atoms with Gasteiger partial charge in [0.25, 0.3) is 0 Å². The first-order valence-corrected chi connectivity index (χ1v) is 9.02. The van der Waals surface area contributed by atoms with Crippen molar-refractivity contribution < 1.29 is 23.8 Å². The van der Waals surface area contributed by atoms with Crippen molar-refractivity contribution in [2.45, 2.75) is 39.3 Å². The monoisotopic (exact) mass is 389 g/mol. The van der Waals surface area contributed by atoms with Gasteiger partial charge in [-0.05, 0) is 37.0 Å². The maximum atomic E-state index is 14.7. The van der Waals surface area contributed by atoms with Crippen molar-refractivity contribution in [3.63, 3.8) is 0 Å². The minimum absolute atomic E-state index is 0.0700. The Kier molecular flexibility index (Phi) is 5.42. The van der Waals surface area contributed by atoms with E-state index in [-0.39, 0.29) is 24.8 Å². The lowest BCUT2D eigenvalue weighted by Gasteiger charge is -2.27. The van der Waals surface area contributed by atoms with Crippen LogP contribution in [0.15, 0.2) is 24.4 Å². The molecule has 0 saturated carbocycles. The Morgan fingerprint density at radius 2 is 2.18 bits per heavy atom. The highest BCUT2D eigenvalue weighted by molar-refractivity contribution is 5.84. The number of benzene rings is 1. The van der Waals surface area contributed by atoms with E-state index >= 15 is 0 Å². The average molecular weight is 389 g/mol. The average Bonchev–Trinajstić information content (AvgIpc) is 2.58. The second-order valence-electron chi connectivity index (χ2n) is 7.76. The minimum atomic E-state index is -1.22. The van der Waals surface area contributed by atoms with Gasteiger partial charge >= 0.3 is 6.09 Å². The Morgan fingerprint density at radius 1 is 1.43 bits per heavy atom. The van der Waals surface area contributed by atoms with Crippen LogP contribution < -0.4 is 20.5 Å². The van der Waals surface area contributed by atoms with Gasteiger partial charge in [-0.1, -0.05) is 13.8 Å². The van der Waals surface area contributed by atoms with E-state index in [9.17, 15) is 9.18 Å². The van der Waals surface area contributed by atoms with Crippen molar-refractivity contribution in [1.29, 1.82) is 0 Å². The van der Waals surface area contributed by atoms with Gasteiger partial charge < -0.3 is 20.3 Å². The van der Waals surface area contributed by atoms with E-state index in [1.165, 1.54) is 18.3 Å². The zero-order valence-corrected chi connectivity index (χ0v) is 16.1. The lowest BCUT2D eigenvalue weighted by atomic mass is 9.93. The summed E-state index contributed by atoms with van der Waals surface area (Å²) in [7, 11) is 0. The molecular weight excluding hydrogens is 365 g/mol. The minimum Gasteiger partial charge on any atom is -0.488 e. The first-order valence-electron chi connectivity index (χ1n) is 9.02. The van der Waals surface area contributed by atoms with Crippen LogP contribution in [0.4, 0.5) is 15.0 Å². The summed E-state index contributed by atoms with van der Waals surface area (Å²) in [4.78, 5) is 14.9. The predicted octanol–water partition coefficient (Wildman–Crippen LogP) is 4.01. The molecule has 1 atom stereocenters. The number of aromatic nitrogens is 1. The van der Waals surface area contributed by atoms with Crippen LogP contribution in [0, 0.1) is 11.7 Å². The van der Waals surface area contributed by atoms with Gasteiger partial charge in [-0.25, -0.2) is 14.2 Å². The maximum Gasteiger partial charge on any atom is 0.410 e. The third kappa shape index (κ3) is 4.51. The van der Waals surface area contributed by atoms with Crippen LogP contribution in [-0.4, -0.2) is 28.3 Å². The van der Waals surface area contributed by atoms with Gasteiger partial charge in [-0.2, -0.15) is 0 Å². The largest absolute Gasteiger partial charge is 0.488 e. The number of carboxylic acid groups (broad SMARTS) is 1. The molecule has 150 valence electrons. The predicted molar refractivity (Wildman–Crippen MR) is 103 cm³/mol. The summed E-state index contributed by atoms with van der Waals surface area (Å²) < 4.78 is 26.0. The molecular formula is C20H24FN3O4. The summed E-state index contributed by atoms with van der Waals surface area (Å²) in [5.41, 5.74) is 7.57. The third-order valence-electron chi connectivity index (χ3n) is 4.36. The number of nitrogens with two attached hydrogens (primary N) is 1. The fourth-order valence-electron chi connectivity index (χ4n) is 3.39. The second kappa shape index (κ2) is 7.63. The van der Waals surface area contributed by atoms with Crippen molar-refractivity contribution >= 4 is 11.9 Å². The van der Waals surface area contributed by atoms with Crippen molar-refractivity contribution in [2.24, 2.45) is 11.7 Å². The number of nitrogens with one attached hydrogen (secondary N) is 1. The molecule has 0 saturated heterocycles. The Labute approximate surface area is 162 Å². The van der Waals surface area contributed by atoms with Crippen LogP contribution in [0.3, 0.4) is 0 Å². The Bertz CT molecular complexity index is 899. The summed E-state index contributed by atoms with van der Waals surface area (Å²) in [6.07, 6.45) is 1.04. The summed E-state index contributed by atoms with van der Waals surface area (Å²) in [5.74, 6) is 0.543. The quantitative estimate of drug-likeness (QED) is 0.689. The van der Waals surface area contributed by atoms with Gasteiger partial charge in [-0.3, -0.25) is 5.32 Å². The van der Waals surface area contributed by atoms with E-state index in [2.05, 4.69) is 24.1 Å². The molecule has 8 heteroatoms. The number of halogens is 1. The van der Waals surface area contributed by atoms with Crippen LogP contribution in [-0.2, 0) is 6.61 Å². The number of hydrogen-bond donors (Lipinski definition) is 3. The standard InChI is InChI=1S/C20H24FN3O4/c1-11(2)7-20(3,22)10-28-17-6-16-14(4-15(17)21)13-5-18(24-19(25)26)23-8-12(13)9-27-16/h4-6,8,11H,7,9-10,22H2,1-3H3,(H,23,24)(H,25,26). The van der Waals surface area contributed by atoms with Crippen LogP contribution >= 0.6 is 0 Å². The van der Waals surface area contributed by atoms with E-state index in [1.54, 1.807) is 6.07 Å². The molecule has 1 aromatic heterocycles. The normalized spacial score (nSPS) is 14.5. The number of rotatable bonds is 6. The van der Waals surface area contributed by atoms with Crippen LogP contribution in [0.25, 0.3) is 11.1 Å². The molecule has 2 heterocycles. The second-order valence-corrected chi connectivity index (χ2v) is 7.76. The molecule has 1 aliphatic heterocycles. The number of pyridine rings is 1. The Morgan fingerprint density at radius 3 is 2.86 bits per heavy atom. The maximum absolute atomic E-state index is 14.7. The molecule has 2 aromatic rings. The SMILES string of the molecule is CC(C)CC(C)(N)COc1cc2c(cc1F)-c1cc(NC(=O)O)ncc1CO2. The van der Waals surface area contributed by atoms with E-state index < -0.39 is 17.4 Å². The highest BCUT2D eigenvalue weighted by Crippen LogP contribution is 2.41. The summed E-state index contributed by atoms with van der Waals surface area (Å²) in [5, 5.41) is 11.1. The lowest BCUT2D eigenvalue weighted by Crippen LogP contribution is -2.43. The number of ether oxygens (including phenoxy) is 2. The van der Waals surface area contributed by atoms with Crippen molar-refractivity contribution in [3.8, 4) is 22.6 Å². The van der Waals surface area contributed by atoms with E-state index in [0.717, 1.165) is 12.0 Å². The smallest absolute Gasteiger partial charge is 0.410 e. The highest BCUT2D eigenvalue weighted by Gasteiger charge is 2.25. The lowest BCUT2D eigenvalue weighted by molar-refractivity contribution is 0.199. The van der Waals surface area contributed by atoms with Crippen molar-refractivity contribution in [2.75, 3.05) is 11.9 Å². The molecule has 4 N–H and O–H groups in total. The van der Waals surface area contributed by atoms with Crippen LogP contribution in [0.1, 0.15) is 32.8 Å². The molecule has 28 heavy (non-hydrogen) atoms. The number of fused-ring (bicyclic) bond motifs is 3. The first-order chi connectivity index (χ1) is 13.1. The summed E-state index contributed by atoms with van der Waals surface area (Å²) >= 11 is 0. The van der Waals surface area contributed by atoms with Gasteiger partial charge in [0, 0.05) is 28.9 Å². The third-order valence-corrected chi connectivity index (χ3v) is 4.36. The number of carbonyl (C=O) groups is 1. The van der Waals surface area contributed by atoms with E-state index in [4.69, 9.17) is 20.3 Å². The fourth-order valence-corrected chi connectivity index (χ4v) is 3.39. The molecule has 1 amide bonds. The van der Waals surface area contributed by atoms with Crippen molar-refractivity contribution in [3.05, 3.63) is 35.8 Å². The summed E-state index contributed by atoms with van der Waals surface area (Å²) in [6.45, 7) is 6.43. The molecule has 1 aromatic carbocycles. The highest BCUT2D eigenvalue weighted by atomic mass is 19.1. The molecule has 1 aliphatic rings. The van der Waals surface area contributed by atoms with Gasteiger partial charge in [0.15, 0.2) is 11.6 Å². The van der Waals surface area contributed by atoms with Crippen molar-refractivity contribution in [1.82, 2.24) is 4.98 Å².